The van der Waals surface area contributed by atoms with Crippen molar-refractivity contribution in [3.05, 3.63) is 41.0 Å². The highest BCUT2D eigenvalue weighted by Gasteiger charge is 2.57. The standard InChI is InChI=1S/C23H28O10/c1-29-14-8-12-13(9-15(14)30-2)21(25)23(28,10-24)19(22(26)27)18(12)11-6-16(31-3)20(33-5)17(7-11)32-4/h6-9,18-19,21,24-25,28H,10H2,1-5H3,(H,26,27)/t18-,19-,21+,23-/m0/s1. The van der Waals surface area contributed by atoms with Gasteiger partial charge in [0.25, 0.3) is 0 Å². The Bertz CT molecular complexity index is 1010. The number of fused-ring (bicyclic) bond motifs is 1. The summed E-state index contributed by atoms with van der Waals surface area (Å²) in [6, 6.07) is 6.15. The van der Waals surface area contributed by atoms with Crippen molar-refractivity contribution in [3.63, 3.8) is 0 Å². The molecular weight excluding hydrogens is 436 g/mol. The Kier molecular flexibility index (Phi) is 6.92. The van der Waals surface area contributed by atoms with Crippen LogP contribution in [0.1, 0.15) is 28.7 Å². The summed E-state index contributed by atoms with van der Waals surface area (Å²) in [7, 11) is 7.12. The number of benzene rings is 2. The van der Waals surface area contributed by atoms with Crippen molar-refractivity contribution in [3.8, 4) is 28.7 Å². The largest absolute Gasteiger partial charge is 0.493 e. The Morgan fingerprint density at radius 1 is 0.848 bits per heavy atom. The normalized spacial score (nSPS) is 23.9. The van der Waals surface area contributed by atoms with E-state index in [1.807, 2.05) is 0 Å². The molecule has 0 fully saturated rings. The van der Waals surface area contributed by atoms with Crippen LogP contribution in [0.5, 0.6) is 28.7 Å². The topological polar surface area (TPSA) is 144 Å². The van der Waals surface area contributed by atoms with Gasteiger partial charge in [0.15, 0.2) is 23.0 Å². The number of ether oxygens (including phenoxy) is 5. The smallest absolute Gasteiger partial charge is 0.310 e. The SMILES string of the molecule is COc1cc2c(cc1OC)[C@@H](O)[C@](O)(CO)[C@H](C(=O)O)[C@H]2c1cc(OC)c(OC)c(OC)c1. The summed E-state index contributed by atoms with van der Waals surface area (Å²) in [5.41, 5.74) is -1.44. The maximum absolute atomic E-state index is 12.5. The second-order valence-corrected chi connectivity index (χ2v) is 7.64. The Labute approximate surface area is 190 Å². The van der Waals surface area contributed by atoms with Crippen molar-refractivity contribution < 1.29 is 48.9 Å². The lowest BCUT2D eigenvalue weighted by molar-refractivity contribution is -0.181. The van der Waals surface area contributed by atoms with Crippen LogP contribution in [-0.4, -0.2) is 74.2 Å². The van der Waals surface area contributed by atoms with Gasteiger partial charge in [0.2, 0.25) is 5.75 Å². The van der Waals surface area contributed by atoms with Gasteiger partial charge in [-0.3, -0.25) is 4.79 Å². The molecule has 33 heavy (non-hydrogen) atoms. The second kappa shape index (κ2) is 9.34. The van der Waals surface area contributed by atoms with Crippen LogP contribution in [0.4, 0.5) is 0 Å². The minimum absolute atomic E-state index is 0.195. The Morgan fingerprint density at radius 3 is 1.73 bits per heavy atom. The molecule has 0 spiro atoms. The minimum atomic E-state index is -2.40. The lowest BCUT2D eigenvalue weighted by Gasteiger charge is -2.46. The molecule has 0 unspecified atom stereocenters. The average Bonchev–Trinajstić information content (AvgIpc) is 2.83. The number of carboxylic acids is 1. The van der Waals surface area contributed by atoms with E-state index in [1.54, 1.807) is 18.2 Å². The lowest BCUT2D eigenvalue weighted by atomic mass is 9.62. The van der Waals surface area contributed by atoms with Crippen molar-refractivity contribution in [1.82, 2.24) is 0 Å². The van der Waals surface area contributed by atoms with Crippen LogP contribution < -0.4 is 23.7 Å². The zero-order valence-electron chi connectivity index (χ0n) is 19.0. The minimum Gasteiger partial charge on any atom is -0.493 e. The van der Waals surface area contributed by atoms with Gasteiger partial charge in [0.05, 0.1) is 42.2 Å². The summed E-state index contributed by atoms with van der Waals surface area (Å²) in [6.45, 7) is -1.00. The fourth-order valence-electron chi connectivity index (χ4n) is 4.52. The van der Waals surface area contributed by atoms with Gasteiger partial charge in [-0.25, -0.2) is 0 Å². The summed E-state index contributed by atoms with van der Waals surface area (Å²) in [5.74, 6) is -2.65. The summed E-state index contributed by atoms with van der Waals surface area (Å²) < 4.78 is 26.9. The zero-order valence-corrected chi connectivity index (χ0v) is 19.0. The van der Waals surface area contributed by atoms with Crippen molar-refractivity contribution >= 4 is 5.97 Å². The van der Waals surface area contributed by atoms with Crippen LogP contribution in [0.3, 0.4) is 0 Å². The molecule has 2 aromatic carbocycles. The first-order valence-electron chi connectivity index (χ1n) is 10.0. The van der Waals surface area contributed by atoms with Gasteiger partial charge in [-0.05, 0) is 41.0 Å². The molecule has 1 aliphatic carbocycles. The maximum atomic E-state index is 12.5. The third-order valence-electron chi connectivity index (χ3n) is 6.13. The zero-order chi connectivity index (χ0) is 24.5. The van der Waals surface area contributed by atoms with Crippen molar-refractivity contribution in [2.75, 3.05) is 42.2 Å². The third-order valence-corrected chi connectivity index (χ3v) is 6.13. The monoisotopic (exact) mass is 464 g/mol. The van der Waals surface area contributed by atoms with Gasteiger partial charge in [0, 0.05) is 5.92 Å². The Morgan fingerprint density at radius 2 is 1.33 bits per heavy atom. The number of rotatable bonds is 8. The molecule has 0 saturated heterocycles. The van der Waals surface area contributed by atoms with Crippen molar-refractivity contribution in [2.45, 2.75) is 17.6 Å². The summed E-state index contributed by atoms with van der Waals surface area (Å²) in [4.78, 5) is 12.5. The highest BCUT2D eigenvalue weighted by molar-refractivity contribution is 5.76. The van der Waals surface area contributed by atoms with Crippen LogP contribution in [0.25, 0.3) is 0 Å². The van der Waals surface area contributed by atoms with Gasteiger partial charge in [0.1, 0.15) is 17.6 Å². The fraction of sp³-hybridized carbons (Fsp3) is 0.435. The number of methoxy groups -OCH3 is 5. The molecule has 0 bridgehead atoms. The van der Waals surface area contributed by atoms with Gasteiger partial charge in [-0.15, -0.1) is 0 Å². The number of hydrogen-bond acceptors (Lipinski definition) is 9. The first-order valence-corrected chi connectivity index (χ1v) is 10.0. The van der Waals surface area contributed by atoms with Crippen LogP contribution in [0, 0.1) is 5.92 Å². The van der Waals surface area contributed by atoms with Crippen molar-refractivity contribution in [1.29, 1.82) is 0 Å². The molecule has 2 aromatic rings. The highest BCUT2D eigenvalue weighted by Crippen LogP contribution is 2.54. The molecular formula is C23H28O10. The molecule has 0 heterocycles. The van der Waals surface area contributed by atoms with Gasteiger partial charge in [-0.2, -0.15) is 0 Å². The molecule has 3 rings (SSSR count). The summed E-state index contributed by atoms with van der Waals surface area (Å²) in [5, 5.41) is 42.4. The molecule has 0 saturated carbocycles. The van der Waals surface area contributed by atoms with Crippen molar-refractivity contribution in [2.24, 2.45) is 5.92 Å². The van der Waals surface area contributed by atoms with Gasteiger partial charge >= 0.3 is 5.97 Å². The molecule has 0 aliphatic heterocycles. The molecule has 0 aromatic heterocycles. The van der Waals surface area contributed by atoms with Gasteiger partial charge < -0.3 is 44.1 Å². The molecule has 10 heteroatoms. The predicted octanol–water partition coefficient (Wildman–Crippen LogP) is 1.33. The first-order chi connectivity index (χ1) is 15.7. The molecule has 0 radical (unpaired) electrons. The van der Waals surface area contributed by atoms with E-state index in [0.29, 0.717) is 22.6 Å². The maximum Gasteiger partial charge on any atom is 0.310 e. The van der Waals surface area contributed by atoms with Crippen LogP contribution in [-0.2, 0) is 4.79 Å². The van der Waals surface area contributed by atoms with Gasteiger partial charge in [-0.1, -0.05) is 0 Å². The van der Waals surface area contributed by atoms with E-state index < -0.39 is 36.1 Å². The number of aliphatic carboxylic acids is 1. The quantitative estimate of drug-likeness (QED) is 0.452. The van der Waals surface area contributed by atoms with Crippen LogP contribution in [0.15, 0.2) is 24.3 Å². The van der Waals surface area contributed by atoms with E-state index in [0.717, 1.165) is 0 Å². The molecule has 1 aliphatic rings. The number of aliphatic hydroxyl groups is 3. The highest BCUT2D eigenvalue weighted by atomic mass is 16.5. The summed E-state index contributed by atoms with van der Waals surface area (Å²) in [6.07, 6.45) is -1.71. The predicted molar refractivity (Wildman–Crippen MR) is 116 cm³/mol. The van der Waals surface area contributed by atoms with E-state index in [9.17, 15) is 25.2 Å². The van der Waals surface area contributed by atoms with E-state index in [-0.39, 0.29) is 22.8 Å². The number of carboxylic acid groups (broad SMARTS) is 1. The summed E-state index contributed by atoms with van der Waals surface area (Å²) >= 11 is 0. The van der Waals surface area contributed by atoms with E-state index in [2.05, 4.69) is 0 Å². The molecule has 180 valence electrons. The van der Waals surface area contributed by atoms with Crippen LogP contribution >= 0.6 is 0 Å². The molecule has 10 nitrogen and oxygen atoms in total. The number of aliphatic hydroxyl groups excluding tert-OH is 2. The fourth-order valence-corrected chi connectivity index (χ4v) is 4.52. The Hall–Kier alpha value is -3.21. The van der Waals surface area contributed by atoms with E-state index in [4.69, 9.17) is 23.7 Å². The molecule has 4 N–H and O–H groups in total. The first kappa shape index (κ1) is 24.4. The third kappa shape index (κ3) is 3.79. The lowest BCUT2D eigenvalue weighted by Crippen LogP contribution is -2.55. The number of hydrogen-bond donors (Lipinski definition) is 4. The van der Waals surface area contributed by atoms with Crippen LogP contribution in [0.2, 0.25) is 0 Å². The molecule has 4 atom stereocenters. The van der Waals surface area contributed by atoms with E-state index >= 15 is 0 Å². The molecule has 0 amide bonds. The average molecular weight is 464 g/mol. The Balaban J connectivity index is 2.42. The van der Waals surface area contributed by atoms with E-state index in [1.165, 1.54) is 41.6 Å². The number of carbonyl (C=O) groups is 1. The second-order valence-electron chi connectivity index (χ2n) is 7.64.